The van der Waals surface area contributed by atoms with Gasteiger partial charge in [-0.05, 0) is 30.7 Å². The molecule has 0 fully saturated rings. The molecule has 0 unspecified atom stereocenters. The summed E-state index contributed by atoms with van der Waals surface area (Å²) in [6, 6.07) is 15.8. The highest BCUT2D eigenvalue weighted by molar-refractivity contribution is 9.10. The van der Waals surface area contributed by atoms with Crippen LogP contribution >= 0.6 is 27.3 Å². The average Bonchev–Trinajstić information content (AvgIpc) is 3.10. The van der Waals surface area contributed by atoms with Crippen LogP contribution in [0, 0.1) is 6.92 Å². The van der Waals surface area contributed by atoms with Gasteiger partial charge < -0.3 is 0 Å². The summed E-state index contributed by atoms with van der Waals surface area (Å²) in [5, 5.41) is 4.37. The summed E-state index contributed by atoms with van der Waals surface area (Å²) in [7, 11) is 0. The van der Waals surface area contributed by atoms with Gasteiger partial charge in [-0.1, -0.05) is 69.2 Å². The Kier molecular flexibility index (Phi) is 3.78. The second kappa shape index (κ2) is 5.96. The molecule has 0 N–H and O–H groups in total. The molecular weight excluding hydrogens is 386 g/mol. The third-order valence-electron chi connectivity index (χ3n) is 3.67. The topological polar surface area (TPSA) is 47.3 Å². The van der Waals surface area contributed by atoms with Gasteiger partial charge in [0, 0.05) is 10.0 Å². The minimum absolute atomic E-state index is 0.138. The van der Waals surface area contributed by atoms with Crippen LogP contribution in [0.15, 0.2) is 57.8 Å². The number of hydrogen-bond acceptors (Lipinski definition) is 4. The maximum Gasteiger partial charge on any atom is 0.291 e. The Bertz CT molecular complexity index is 1150. The average molecular weight is 398 g/mol. The maximum atomic E-state index is 12.6. The molecule has 0 aliphatic carbocycles. The predicted molar refractivity (Wildman–Crippen MR) is 100 cm³/mol. The molecule has 0 radical (unpaired) electrons. The van der Waals surface area contributed by atoms with Crippen molar-refractivity contribution in [3.63, 3.8) is 0 Å². The van der Waals surface area contributed by atoms with E-state index in [0.717, 1.165) is 15.6 Å². The molecule has 2 aromatic heterocycles. The molecule has 0 saturated carbocycles. The summed E-state index contributed by atoms with van der Waals surface area (Å²) in [5.41, 5.74) is 2.92. The molecule has 0 spiro atoms. The molecule has 118 valence electrons. The first-order chi connectivity index (χ1) is 11.6. The zero-order chi connectivity index (χ0) is 16.7. The third kappa shape index (κ3) is 2.68. The quantitative estimate of drug-likeness (QED) is 0.520. The van der Waals surface area contributed by atoms with E-state index in [9.17, 15) is 4.79 Å². The SMILES string of the molecule is Cc1ccc(/C=c2\sc3nc(-c4ccccc4Br)nn3c2=O)cc1. The van der Waals surface area contributed by atoms with Crippen LogP contribution in [0.3, 0.4) is 0 Å². The molecule has 2 heterocycles. The molecule has 24 heavy (non-hydrogen) atoms. The van der Waals surface area contributed by atoms with Gasteiger partial charge in [-0.25, -0.2) is 0 Å². The summed E-state index contributed by atoms with van der Waals surface area (Å²) in [5.74, 6) is 0.549. The van der Waals surface area contributed by atoms with E-state index in [1.165, 1.54) is 21.4 Å². The number of fused-ring (bicyclic) bond motifs is 1. The normalized spacial score (nSPS) is 12.2. The van der Waals surface area contributed by atoms with Crippen molar-refractivity contribution >= 4 is 38.3 Å². The minimum atomic E-state index is -0.138. The first-order valence-corrected chi connectivity index (χ1v) is 8.95. The maximum absolute atomic E-state index is 12.6. The molecular formula is C18H12BrN3OS. The first-order valence-electron chi connectivity index (χ1n) is 7.35. The zero-order valence-corrected chi connectivity index (χ0v) is 15.1. The van der Waals surface area contributed by atoms with Crippen LogP contribution < -0.4 is 10.1 Å². The van der Waals surface area contributed by atoms with Crippen LogP contribution in [0.5, 0.6) is 0 Å². The summed E-state index contributed by atoms with van der Waals surface area (Å²) in [6.45, 7) is 2.04. The Labute approximate surface area is 150 Å². The Morgan fingerprint density at radius 2 is 1.88 bits per heavy atom. The Hall–Kier alpha value is -2.31. The van der Waals surface area contributed by atoms with E-state index in [2.05, 4.69) is 26.0 Å². The Balaban J connectivity index is 1.83. The van der Waals surface area contributed by atoms with Gasteiger partial charge >= 0.3 is 0 Å². The highest BCUT2D eigenvalue weighted by atomic mass is 79.9. The Morgan fingerprint density at radius 1 is 1.12 bits per heavy atom. The van der Waals surface area contributed by atoms with Gasteiger partial charge in [-0.2, -0.15) is 9.50 Å². The molecule has 0 aliphatic rings. The van der Waals surface area contributed by atoms with Crippen LogP contribution in [0.2, 0.25) is 0 Å². The van der Waals surface area contributed by atoms with Crippen LogP contribution in [0.25, 0.3) is 22.4 Å². The smallest absolute Gasteiger partial charge is 0.266 e. The monoisotopic (exact) mass is 397 g/mol. The zero-order valence-electron chi connectivity index (χ0n) is 12.7. The van der Waals surface area contributed by atoms with Crippen molar-refractivity contribution < 1.29 is 0 Å². The van der Waals surface area contributed by atoms with Crippen LogP contribution in [0.4, 0.5) is 0 Å². The molecule has 2 aromatic carbocycles. The van der Waals surface area contributed by atoms with Crippen LogP contribution in [-0.2, 0) is 0 Å². The summed E-state index contributed by atoms with van der Waals surface area (Å²) in [4.78, 5) is 17.7. The van der Waals surface area contributed by atoms with E-state index < -0.39 is 0 Å². The van der Waals surface area contributed by atoms with Gasteiger partial charge in [0.15, 0.2) is 5.82 Å². The number of aromatic nitrogens is 3. The van der Waals surface area contributed by atoms with E-state index in [1.807, 2.05) is 61.5 Å². The summed E-state index contributed by atoms with van der Waals surface area (Å²) >= 11 is 4.84. The second-order valence-corrected chi connectivity index (χ2v) is 7.30. The highest BCUT2D eigenvalue weighted by Crippen LogP contribution is 2.25. The lowest BCUT2D eigenvalue weighted by atomic mass is 10.1. The molecule has 6 heteroatoms. The number of halogens is 1. The van der Waals surface area contributed by atoms with Crippen LogP contribution in [0.1, 0.15) is 11.1 Å². The van der Waals surface area contributed by atoms with Gasteiger partial charge in [0.05, 0.1) is 4.53 Å². The lowest BCUT2D eigenvalue weighted by molar-refractivity contribution is 0.936. The van der Waals surface area contributed by atoms with Gasteiger partial charge in [-0.15, -0.1) is 5.10 Å². The first kappa shape index (κ1) is 15.2. The molecule has 4 aromatic rings. The van der Waals surface area contributed by atoms with E-state index >= 15 is 0 Å². The number of thiazole rings is 1. The van der Waals surface area contributed by atoms with Crippen molar-refractivity contribution in [2.75, 3.05) is 0 Å². The van der Waals surface area contributed by atoms with Crippen molar-refractivity contribution in [3.8, 4) is 11.4 Å². The van der Waals surface area contributed by atoms with E-state index in [-0.39, 0.29) is 5.56 Å². The van der Waals surface area contributed by atoms with Crippen LogP contribution in [-0.4, -0.2) is 14.6 Å². The summed E-state index contributed by atoms with van der Waals surface area (Å²) in [6.07, 6.45) is 1.88. The van der Waals surface area contributed by atoms with Crippen molar-refractivity contribution in [2.24, 2.45) is 0 Å². The fraction of sp³-hybridized carbons (Fsp3) is 0.0556. The molecule has 0 saturated heterocycles. The highest BCUT2D eigenvalue weighted by Gasteiger charge is 2.13. The number of nitrogens with zero attached hydrogens (tertiary/aromatic N) is 3. The molecule has 4 nitrogen and oxygen atoms in total. The van der Waals surface area contributed by atoms with E-state index in [0.29, 0.717) is 15.3 Å². The van der Waals surface area contributed by atoms with Gasteiger partial charge in [-0.3, -0.25) is 4.79 Å². The van der Waals surface area contributed by atoms with E-state index in [4.69, 9.17) is 0 Å². The molecule has 0 amide bonds. The fourth-order valence-electron chi connectivity index (χ4n) is 2.40. The van der Waals surface area contributed by atoms with Crippen molar-refractivity contribution in [1.82, 2.24) is 14.6 Å². The molecule has 0 bridgehead atoms. The molecule has 4 rings (SSSR count). The Morgan fingerprint density at radius 3 is 2.58 bits per heavy atom. The predicted octanol–water partition coefficient (Wildman–Crippen LogP) is 3.44. The number of hydrogen-bond donors (Lipinski definition) is 0. The van der Waals surface area contributed by atoms with Crippen molar-refractivity contribution in [1.29, 1.82) is 0 Å². The largest absolute Gasteiger partial charge is 0.291 e. The second-order valence-electron chi connectivity index (χ2n) is 5.44. The van der Waals surface area contributed by atoms with Gasteiger partial charge in [0.2, 0.25) is 4.96 Å². The summed E-state index contributed by atoms with van der Waals surface area (Å²) < 4.78 is 2.91. The number of aryl methyl sites for hydroxylation is 1. The molecule has 0 atom stereocenters. The minimum Gasteiger partial charge on any atom is -0.266 e. The molecule has 0 aliphatic heterocycles. The fourth-order valence-corrected chi connectivity index (χ4v) is 3.77. The number of rotatable bonds is 2. The van der Waals surface area contributed by atoms with Crippen molar-refractivity contribution in [3.05, 3.63) is 79.0 Å². The van der Waals surface area contributed by atoms with E-state index in [1.54, 1.807) is 0 Å². The van der Waals surface area contributed by atoms with Crippen molar-refractivity contribution in [2.45, 2.75) is 6.92 Å². The lowest BCUT2D eigenvalue weighted by Gasteiger charge is -1.97. The van der Waals surface area contributed by atoms with Gasteiger partial charge in [0.25, 0.3) is 5.56 Å². The standard InChI is InChI=1S/C18H12BrN3OS/c1-11-6-8-12(9-7-11)10-15-17(23)22-18(24-15)20-16(21-22)13-4-2-3-5-14(13)19/h2-10H,1H3/b15-10-. The third-order valence-corrected chi connectivity index (χ3v) is 5.32. The lowest BCUT2D eigenvalue weighted by Crippen LogP contribution is -2.23. The van der Waals surface area contributed by atoms with Gasteiger partial charge in [0.1, 0.15) is 0 Å². The number of benzene rings is 2.